The molecule has 3 aromatic rings. The monoisotopic (exact) mass is 410 g/mol. The highest BCUT2D eigenvalue weighted by atomic mass is 16.6. The number of rotatable bonds is 7. The van der Waals surface area contributed by atoms with Crippen molar-refractivity contribution in [2.24, 2.45) is 0 Å². The van der Waals surface area contributed by atoms with Crippen LogP contribution in [-0.2, 0) is 4.74 Å². The summed E-state index contributed by atoms with van der Waals surface area (Å²) in [4.78, 5) is 26.0. The maximum atomic E-state index is 11.8. The molecule has 1 fully saturated rings. The molecule has 0 saturated carbocycles. The molecule has 0 aliphatic carbocycles. The maximum absolute atomic E-state index is 11.8. The molecule has 3 heterocycles. The predicted molar refractivity (Wildman–Crippen MR) is 111 cm³/mol. The Bertz CT molecular complexity index is 1050. The van der Waals surface area contributed by atoms with E-state index in [4.69, 9.17) is 9.47 Å². The highest BCUT2D eigenvalue weighted by Crippen LogP contribution is 2.36. The van der Waals surface area contributed by atoms with Crippen molar-refractivity contribution in [1.82, 2.24) is 19.9 Å². The van der Waals surface area contributed by atoms with Crippen LogP contribution in [-0.4, -0.2) is 64.2 Å². The molecule has 0 atom stereocenters. The Morgan fingerprint density at radius 3 is 2.87 bits per heavy atom. The van der Waals surface area contributed by atoms with Crippen LogP contribution in [0.25, 0.3) is 10.9 Å². The number of nitrogens with zero attached hydrogens (tertiary/aromatic N) is 5. The van der Waals surface area contributed by atoms with Gasteiger partial charge in [0.25, 0.3) is 0 Å². The largest absolute Gasteiger partial charge is 0.431 e. The second-order valence-corrected chi connectivity index (χ2v) is 6.90. The molecule has 156 valence electrons. The summed E-state index contributed by atoms with van der Waals surface area (Å²) in [6.45, 7) is 6.19. The SMILES string of the molecule is Cc1ccc2cccc(Oc3ncnc(NCCN4CCOCC4)c3[N+](=O)[O-])c2n1. The van der Waals surface area contributed by atoms with E-state index < -0.39 is 4.92 Å². The number of nitro groups is 1. The van der Waals surface area contributed by atoms with Crippen molar-refractivity contribution in [1.29, 1.82) is 0 Å². The van der Waals surface area contributed by atoms with E-state index in [1.165, 1.54) is 6.33 Å². The van der Waals surface area contributed by atoms with Gasteiger partial charge in [-0.2, -0.15) is 4.98 Å². The van der Waals surface area contributed by atoms with Crippen molar-refractivity contribution in [3.05, 3.63) is 52.5 Å². The van der Waals surface area contributed by atoms with Gasteiger partial charge in [-0.05, 0) is 19.1 Å². The topological polar surface area (TPSA) is 116 Å². The standard InChI is InChI=1S/C20H22N6O4/c1-14-5-6-15-3-2-4-16(17(15)24-14)30-20-18(26(27)28)19(22-13-23-20)21-7-8-25-9-11-29-12-10-25/h2-6,13H,7-12H2,1H3,(H,21,22,23). The van der Waals surface area contributed by atoms with Crippen molar-refractivity contribution in [3.63, 3.8) is 0 Å². The molecule has 1 N–H and O–H groups in total. The van der Waals surface area contributed by atoms with E-state index in [1.54, 1.807) is 6.07 Å². The molecular formula is C20H22N6O4. The Balaban J connectivity index is 1.57. The van der Waals surface area contributed by atoms with Crippen LogP contribution in [0.2, 0.25) is 0 Å². The molecule has 0 amide bonds. The smallest absolute Gasteiger partial charge is 0.373 e. The number of ether oxygens (including phenoxy) is 2. The molecule has 0 bridgehead atoms. The van der Waals surface area contributed by atoms with Crippen LogP contribution >= 0.6 is 0 Å². The van der Waals surface area contributed by atoms with E-state index in [1.807, 2.05) is 31.2 Å². The minimum absolute atomic E-state index is 0.125. The van der Waals surface area contributed by atoms with Gasteiger partial charge in [-0.15, -0.1) is 0 Å². The lowest BCUT2D eigenvalue weighted by molar-refractivity contribution is -0.385. The van der Waals surface area contributed by atoms with Crippen LogP contribution < -0.4 is 10.1 Å². The summed E-state index contributed by atoms with van der Waals surface area (Å²) in [7, 11) is 0. The van der Waals surface area contributed by atoms with Crippen molar-refractivity contribution in [2.75, 3.05) is 44.7 Å². The zero-order valence-corrected chi connectivity index (χ0v) is 16.6. The van der Waals surface area contributed by atoms with E-state index in [9.17, 15) is 10.1 Å². The summed E-state index contributed by atoms with van der Waals surface area (Å²) in [5.41, 5.74) is 1.14. The Kier molecular flexibility index (Phi) is 5.96. The number of pyridine rings is 1. The molecular weight excluding hydrogens is 388 g/mol. The lowest BCUT2D eigenvalue weighted by Gasteiger charge is -2.26. The average Bonchev–Trinajstić information content (AvgIpc) is 2.75. The number of hydrogen-bond donors (Lipinski definition) is 1. The Morgan fingerprint density at radius 2 is 2.07 bits per heavy atom. The molecule has 0 spiro atoms. The summed E-state index contributed by atoms with van der Waals surface area (Å²) < 4.78 is 11.2. The van der Waals surface area contributed by atoms with Crippen LogP contribution in [0.15, 0.2) is 36.7 Å². The third kappa shape index (κ3) is 4.44. The zero-order chi connectivity index (χ0) is 20.9. The molecule has 1 saturated heterocycles. The highest BCUT2D eigenvalue weighted by Gasteiger charge is 2.25. The van der Waals surface area contributed by atoms with Gasteiger partial charge < -0.3 is 14.8 Å². The van der Waals surface area contributed by atoms with Crippen LogP contribution in [0.4, 0.5) is 11.5 Å². The van der Waals surface area contributed by atoms with Gasteiger partial charge in [-0.1, -0.05) is 18.2 Å². The van der Waals surface area contributed by atoms with Gasteiger partial charge in [0.05, 0.1) is 18.1 Å². The molecule has 0 radical (unpaired) electrons. The van der Waals surface area contributed by atoms with Gasteiger partial charge in [0, 0.05) is 37.3 Å². The minimum Gasteiger partial charge on any atom is -0.431 e. The first kappa shape index (κ1) is 19.9. The van der Waals surface area contributed by atoms with Crippen molar-refractivity contribution < 1.29 is 14.4 Å². The normalized spacial score (nSPS) is 14.6. The average molecular weight is 410 g/mol. The van der Waals surface area contributed by atoms with Crippen molar-refractivity contribution in [3.8, 4) is 11.6 Å². The summed E-state index contributed by atoms with van der Waals surface area (Å²) in [5, 5.41) is 15.7. The van der Waals surface area contributed by atoms with Gasteiger partial charge >= 0.3 is 11.6 Å². The third-order valence-corrected chi connectivity index (χ3v) is 4.82. The van der Waals surface area contributed by atoms with Crippen molar-refractivity contribution in [2.45, 2.75) is 6.92 Å². The quantitative estimate of drug-likeness (QED) is 0.463. The first-order valence-corrected chi connectivity index (χ1v) is 9.69. The van der Waals surface area contributed by atoms with Gasteiger partial charge in [0.2, 0.25) is 5.82 Å². The zero-order valence-electron chi connectivity index (χ0n) is 16.6. The Hall–Kier alpha value is -3.37. The van der Waals surface area contributed by atoms with Gasteiger partial charge in [-0.3, -0.25) is 15.0 Å². The molecule has 1 aliphatic heterocycles. The number of nitrogens with one attached hydrogen (secondary N) is 1. The number of benzene rings is 1. The highest BCUT2D eigenvalue weighted by molar-refractivity contribution is 5.85. The summed E-state index contributed by atoms with van der Waals surface area (Å²) >= 11 is 0. The van der Waals surface area contributed by atoms with E-state index in [0.717, 1.165) is 30.7 Å². The number of aromatic nitrogens is 3. The van der Waals surface area contributed by atoms with E-state index >= 15 is 0 Å². The molecule has 4 rings (SSSR count). The third-order valence-electron chi connectivity index (χ3n) is 4.82. The van der Waals surface area contributed by atoms with Crippen molar-refractivity contribution >= 4 is 22.4 Å². The number of hydrogen-bond acceptors (Lipinski definition) is 9. The fourth-order valence-electron chi connectivity index (χ4n) is 3.29. The molecule has 30 heavy (non-hydrogen) atoms. The Morgan fingerprint density at radius 1 is 1.23 bits per heavy atom. The molecule has 0 unspecified atom stereocenters. The Labute approximate surface area is 173 Å². The van der Waals surface area contributed by atoms with Crippen LogP contribution in [0.3, 0.4) is 0 Å². The van der Waals surface area contributed by atoms with E-state index in [2.05, 4.69) is 25.2 Å². The van der Waals surface area contributed by atoms with Crippen LogP contribution in [0, 0.1) is 17.0 Å². The lowest BCUT2D eigenvalue weighted by Crippen LogP contribution is -2.39. The molecule has 1 aromatic carbocycles. The number of anilines is 1. The summed E-state index contributed by atoms with van der Waals surface area (Å²) in [6, 6.07) is 9.25. The number of morpholine rings is 1. The molecule has 2 aromatic heterocycles. The number of para-hydroxylation sites is 1. The second-order valence-electron chi connectivity index (χ2n) is 6.90. The number of aryl methyl sites for hydroxylation is 1. The van der Waals surface area contributed by atoms with E-state index in [-0.39, 0.29) is 17.4 Å². The second kappa shape index (κ2) is 8.97. The molecule has 10 nitrogen and oxygen atoms in total. The van der Waals surface area contributed by atoms with Crippen LogP contribution in [0.1, 0.15) is 5.69 Å². The fourth-order valence-corrected chi connectivity index (χ4v) is 3.29. The van der Waals surface area contributed by atoms with E-state index in [0.29, 0.717) is 31.0 Å². The minimum atomic E-state index is -0.532. The molecule has 1 aliphatic rings. The summed E-state index contributed by atoms with van der Waals surface area (Å²) in [5.74, 6) is 0.402. The summed E-state index contributed by atoms with van der Waals surface area (Å²) in [6.07, 6.45) is 1.25. The first-order chi connectivity index (χ1) is 14.6. The van der Waals surface area contributed by atoms with Crippen LogP contribution in [0.5, 0.6) is 11.6 Å². The predicted octanol–water partition coefficient (Wildman–Crippen LogP) is 2.78. The fraction of sp³-hybridized carbons (Fsp3) is 0.350. The maximum Gasteiger partial charge on any atom is 0.373 e. The first-order valence-electron chi connectivity index (χ1n) is 9.69. The van der Waals surface area contributed by atoms with Gasteiger partial charge in [0.1, 0.15) is 11.8 Å². The lowest BCUT2D eigenvalue weighted by atomic mass is 10.2. The van der Waals surface area contributed by atoms with Gasteiger partial charge in [0.15, 0.2) is 5.75 Å². The number of fused-ring (bicyclic) bond motifs is 1. The molecule has 10 heteroatoms. The van der Waals surface area contributed by atoms with Gasteiger partial charge in [-0.25, -0.2) is 9.97 Å².